The van der Waals surface area contributed by atoms with E-state index < -0.39 is 0 Å². The van der Waals surface area contributed by atoms with Crippen molar-refractivity contribution in [1.82, 2.24) is 24.8 Å². The van der Waals surface area contributed by atoms with Gasteiger partial charge in [0.25, 0.3) is 0 Å². The summed E-state index contributed by atoms with van der Waals surface area (Å²) in [5.41, 5.74) is 6.84. The minimum Gasteiger partial charge on any atom is -0.352 e. The summed E-state index contributed by atoms with van der Waals surface area (Å²) in [5, 5.41) is 4.28. The van der Waals surface area contributed by atoms with Crippen molar-refractivity contribution < 1.29 is 0 Å². The second-order valence-corrected chi connectivity index (χ2v) is 9.56. The molecule has 1 aliphatic heterocycles. The van der Waals surface area contributed by atoms with Crippen LogP contribution in [0.25, 0.3) is 5.69 Å². The van der Waals surface area contributed by atoms with Gasteiger partial charge in [0, 0.05) is 46.7 Å². The summed E-state index contributed by atoms with van der Waals surface area (Å²) in [5.74, 6) is 0. The topological polar surface area (TPSA) is 46.0 Å². The summed E-state index contributed by atoms with van der Waals surface area (Å²) < 4.78 is 3.36. The lowest BCUT2D eigenvalue weighted by Crippen LogP contribution is -2.29. The van der Waals surface area contributed by atoms with Crippen LogP contribution >= 0.6 is 28.1 Å². The fourth-order valence-corrected chi connectivity index (χ4v) is 5.39. The van der Waals surface area contributed by atoms with Gasteiger partial charge in [0.2, 0.25) is 0 Å². The summed E-state index contributed by atoms with van der Waals surface area (Å²) in [6.45, 7) is 5.01. The molecule has 5 nitrogen and oxygen atoms in total. The molecule has 2 atom stereocenters. The van der Waals surface area contributed by atoms with Crippen molar-refractivity contribution in [2.24, 2.45) is 0 Å². The van der Waals surface area contributed by atoms with E-state index >= 15 is 0 Å². The Kier molecular flexibility index (Phi) is 6.00. The van der Waals surface area contributed by atoms with E-state index in [4.69, 9.17) is 12.2 Å². The van der Waals surface area contributed by atoms with E-state index in [0.717, 1.165) is 26.5 Å². The Morgan fingerprint density at radius 2 is 1.91 bits per heavy atom. The zero-order valence-corrected chi connectivity index (χ0v) is 20.8. The van der Waals surface area contributed by atoms with Gasteiger partial charge in [-0.2, -0.15) is 0 Å². The van der Waals surface area contributed by atoms with Crippen molar-refractivity contribution >= 4 is 33.3 Å². The van der Waals surface area contributed by atoms with Gasteiger partial charge in [0.1, 0.15) is 0 Å². The molecule has 1 saturated heterocycles. The largest absolute Gasteiger partial charge is 0.352 e. The first-order valence-corrected chi connectivity index (χ1v) is 12.0. The third-order valence-electron chi connectivity index (χ3n) is 6.13. The molecule has 0 radical (unpaired) electrons. The molecule has 7 heteroatoms. The standard InChI is InChI=1S/C26H24BrN5S/c1-17-13-22(18(2)32(17)21-9-5-8-20(27)14-21)25-24(23-10-3-4-12-29-23)30-26(33)31(25)16-19-7-6-11-28-15-19/h3-15,24-25H,16H2,1-2H3,(H,30,33)/t24-,25+/m1/s1. The van der Waals surface area contributed by atoms with Gasteiger partial charge in [0.15, 0.2) is 5.11 Å². The number of pyridine rings is 2. The molecule has 0 bridgehead atoms. The average Bonchev–Trinajstić information content (AvgIpc) is 3.30. The maximum atomic E-state index is 5.84. The van der Waals surface area contributed by atoms with Gasteiger partial charge in [-0.3, -0.25) is 9.97 Å². The van der Waals surface area contributed by atoms with Crippen LogP contribution in [0.3, 0.4) is 0 Å². The minimum absolute atomic E-state index is 0.000269. The van der Waals surface area contributed by atoms with Gasteiger partial charge in [0.05, 0.1) is 17.8 Å². The highest BCUT2D eigenvalue weighted by molar-refractivity contribution is 9.10. The third kappa shape index (κ3) is 4.18. The van der Waals surface area contributed by atoms with Gasteiger partial charge < -0.3 is 14.8 Å². The van der Waals surface area contributed by atoms with Crippen LogP contribution < -0.4 is 5.32 Å². The number of nitrogens with zero attached hydrogens (tertiary/aromatic N) is 4. The average molecular weight is 518 g/mol. The van der Waals surface area contributed by atoms with E-state index in [1.165, 1.54) is 17.0 Å². The number of halogens is 1. The molecule has 0 unspecified atom stereocenters. The van der Waals surface area contributed by atoms with Crippen LogP contribution in [0.5, 0.6) is 0 Å². The molecular weight excluding hydrogens is 494 g/mol. The van der Waals surface area contributed by atoms with E-state index in [1.807, 2.05) is 36.7 Å². The Morgan fingerprint density at radius 3 is 2.64 bits per heavy atom. The van der Waals surface area contributed by atoms with E-state index in [-0.39, 0.29) is 12.1 Å². The molecule has 4 aromatic rings. The van der Waals surface area contributed by atoms with E-state index in [9.17, 15) is 0 Å². The van der Waals surface area contributed by atoms with Crippen LogP contribution in [-0.4, -0.2) is 24.5 Å². The molecule has 1 N–H and O–H groups in total. The Balaban J connectivity index is 1.62. The summed E-state index contributed by atoms with van der Waals surface area (Å²) in [6, 6.07) is 20.7. The predicted molar refractivity (Wildman–Crippen MR) is 138 cm³/mol. The number of aryl methyl sites for hydroxylation is 1. The van der Waals surface area contributed by atoms with Crippen molar-refractivity contribution in [3.05, 3.63) is 112 Å². The Bertz CT molecular complexity index is 1290. The minimum atomic E-state index is -0.0492. The number of thiocarbonyl (C=S) groups is 1. The molecule has 3 aromatic heterocycles. The molecule has 33 heavy (non-hydrogen) atoms. The Hall–Kier alpha value is -3.03. The number of aromatic nitrogens is 3. The maximum absolute atomic E-state index is 5.84. The monoisotopic (exact) mass is 517 g/mol. The first-order valence-electron chi connectivity index (χ1n) is 10.8. The molecular formula is C26H24BrN5S. The van der Waals surface area contributed by atoms with Gasteiger partial charge in [-0.25, -0.2) is 0 Å². The maximum Gasteiger partial charge on any atom is 0.170 e. The van der Waals surface area contributed by atoms with Crippen LogP contribution in [-0.2, 0) is 6.54 Å². The third-order valence-corrected chi connectivity index (χ3v) is 6.97. The molecule has 5 rings (SSSR count). The number of hydrogen-bond acceptors (Lipinski definition) is 3. The molecule has 166 valence electrons. The smallest absolute Gasteiger partial charge is 0.170 e. The number of rotatable bonds is 5. The van der Waals surface area contributed by atoms with Gasteiger partial charge >= 0.3 is 0 Å². The molecule has 1 aromatic carbocycles. The van der Waals surface area contributed by atoms with Crippen LogP contribution in [0.2, 0.25) is 0 Å². The first kappa shape index (κ1) is 21.8. The van der Waals surface area contributed by atoms with Crippen molar-refractivity contribution in [1.29, 1.82) is 0 Å². The summed E-state index contributed by atoms with van der Waals surface area (Å²) in [7, 11) is 0. The van der Waals surface area contributed by atoms with Crippen LogP contribution in [0.15, 0.2) is 83.7 Å². The predicted octanol–water partition coefficient (Wildman–Crippen LogP) is 5.82. The molecule has 1 aliphatic rings. The van der Waals surface area contributed by atoms with Gasteiger partial charge in [-0.05, 0) is 79.7 Å². The SMILES string of the molecule is Cc1cc([C@H]2[C@@H](c3ccccn3)NC(=S)N2Cc2cccnc2)c(C)n1-c1cccc(Br)c1. The Labute approximate surface area is 207 Å². The molecule has 1 fully saturated rings. The normalized spacial score (nSPS) is 17.9. The van der Waals surface area contributed by atoms with Gasteiger partial charge in [-0.1, -0.05) is 34.1 Å². The van der Waals surface area contributed by atoms with E-state index in [2.05, 4.69) is 90.9 Å². The molecule has 4 heterocycles. The second-order valence-electron chi connectivity index (χ2n) is 8.26. The van der Waals surface area contributed by atoms with Gasteiger partial charge in [-0.15, -0.1) is 0 Å². The van der Waals surface area contributed by atoms with Crippen LogP contribution in [0.4, 0.5) is 0 Å². The summed E-state index contributed by atoms with van der Waals surface area (Å²) in [6.07, 6.45) is 5.54. The van der Waals surface area contributed by atoms with Crippen LogP contribution in [0, 0.1) is 13.8 Å². The summed E-state index contributed by atoms with van der Waals surface area (Å²) >= 11 is 9.45. The van der Waals surface area contributed by atoms with Crippen molar-refractivity contribution in [2.75, 3.05) is 0 Å². The molecule has 0 amide bonds. The lowest BCUT2D eigenvalue weighted by Gasteiger charge is -2.28. The molecule has 0 aliphatic carbocycles. The number of hydrogen-bond donors (Lipinski definition) is 1. The first-order chi connectivity index (χ1) is 16.0. The molecule has 0 saturated carbocycles. The molecule has 0 spiro atoms. The van der Waals surface area contributed by atoms with Crippen molar-refractivity contribution in [2.45, 2.75) is 32.5 Å². The number of nitrogens with one attached hydrogen (secondary N) is 1. The summed E-state index contributed by atoms with van der Waals surface area (Å²) in [4.78, 5) is 11.2. The lowest BCUT2D eigenvalue weighted by molar-refractivity contribution is 0.310. The highest BCUT2D eigenvalue weighted by Gasteiger charge is 2.41. The highest BCUT2D eigenvalue weighted by atomic mass is 79.9. The van der Waals surface area contributed by atoms with E-state index in [1.54, 1.807) is 6.20 Å². The zero-order valence-electron chi connectivity index (χ0n) is 18.4. The van der Waals surface area contributed by atoms with E-state index in [0.29, 0.717) is 6.54 Å². The zero-order chi connectivity index (χ0) is 22.9. The number of benzene rings is 1. The second kappa shape index (κ2) is 9.08. The fourth-order valence-electron chi connectivity index (χ4n) is 4.70. The van der Waals surface area contributed by atoms with Crippen LogP contribution in [0.1, 0.15) is 40.3 Å². The van der Waals surface area contributed by atoms with Crippen molar-refractivity contribution in [3.8, 4) is 5.69 Å². The highest BCUT2D eigenvalue weighted by Crippen LogP contribution is 2.42. The Morgan fingerprint density at radius 1 is 1.03 bits per heavy atom. The quantitative estimate of drug-likeness (QED) is 0.338. The van der Waals surface area contributed by atoms with Crippen molar-refractivity contribution in [3.63, 3.8) is 0 Å². The lowest BCUT2D eigenvalue weighted by atomic mass is 9.96. The fraction of sp³-hybridized carbons (Fsp3) is 0.192.